The monoisotopic (exact) mass is 352 g/mol. The molecular weight excluding hydrogens is 336 g/mol. The first kappa shape index (κ1) is 17.5. The number of nitrogens with one attached hydrogen (secondary N) is 2. The smallest absolute Gasteiger partial charge is 0.313 e. The van der Waals surface area contributed by atoms with Crippen LogP contribution in [0.5, 0.6) is 0 Å². The van der Waals surface area contributed by atoms with E-state index in [0.717, 1.165) is 10.4 Å². The third kappa shape index (κ3) is 4.31. The van der Waals surface area contributed by atoms with Crippen molar-refractivity contribution in [2.24, 2.45) is 0 Å². The van der Waals surface area contributed by atoms with Crippen LogP contribution in [-0.2, 0) is 9.59 Å². The summed E-state index contributed by atoms with van der Waals surface area (Å²) in [5.41, 5.74) is 2.12. The summed E-state index contributed by atoms with van der Waals surface area (Å²) < 4.78 is 0. The highest BCUT2D eigenvalue weighted by Crippen LogP contribution is 2.24. The largest absolute Gasteiger partial charge is 0.386 e. The highest BCUT2D eigenvalue weighted by atomic mass is 35.5. The molecule has 0 bridgehead atoms. The fraction of sp³-hybridized carbons (Fsp3) is 0.250. The molecule has 1 aromatic heterocycles. The van der Waals surface area contributed by atoms with Crippen LogP contribution in [-0.4, -0.2) is 23.5 Å². The number of amides is 2. The van der Waals surface area contributed by atoms with Crippen molar-refractivity contribution in [1.29, 1.82) is 0 Å². The first-order valence-electron chi connectivity index (χ1n) is 6.96. The maximum absolute atomic E-state index is 11.9. The molecule has 2 aromatic rings. The van der Waals surface area contributed by atoms with E-state index in [-0.39, 0.29) is 6.54 Å². The predicted molar refractivity (Wildman–Crippen MR) is 91.8 cm³/mol. The first-order chi connectivity index (χ1) is 10.9. The second kappa shape index (κ2) is 7.59. The fourth-order valence-corrected chi connectivity index (χ4v) is 3.10. The molecule has 0 saturated heterocycles. The number of hydrogen-bond donors (Lipinski definition) is 3. The minimum absolute atomic E-state index is 0.0257. The van der Waals surface area contributed by atoms with E-state index in [1.54, 1.807) is 25.1 Å². The molecule has 0 aliphatic carbocycles. The lowest BCUT2D eigenvalue weighted by Crippen LogP contribution is -2.37. The summed E-state index contributed by atoms with van der Waals surface area (Å²) in [7, 11) is 0. The predicted octanol–water partition coefficient (Wildman–Crippen LogP) is 2.81. The third-order valence-corrected chi connectivity index (χ3v) is 4.91. The standard InChI is InChI=1S/C16H17ClN2O3S/c1-9-6-7-23-14(9)13(20)8-18-15(21)16(22)19-12-5-3-4-11(17)10(12)2/h3-7,13,20H,8H2,1-2H3,(H,18,21)(H,19,22)/t13-/m0/s1. The van der Waals surface area contributed by atoms with E-state index in [1.165, 1.54) is 11.3 Å². The maximum atomic E-state index is 11.9. The molecule has 0 unspecified atom stereocenters. The highest BCUT2D eigenvalue weighted by Gasteiger charge is 2.18. The minimum Gasteiger partial charge on any atom is -0.386 e. The quantitative estimate of drug-likeness (QED) is 0.740. The average Bonchev–Trinajstić information content (AvgIpc) is 2.95. The molecule has 1 heterocycles. The number of anilines is 1. The van der Waals surface area contributed by atoms with Gasteiger partial charge in [-0.3, -0.25) is 9.59 Å². The second-order valence-corrected chi connectivity index (χ2v) is 6.42. The molecule has 3 N–H and O–H groups in total. The van der Waals surface area contributed by atoms with E-state index in [2.05, 4.69) is 10.6 Å². The molecular formula is C16H17ClN2O3S. The average molecular weight is 353 g/mol. The van der Waals surface area contributed by atoms with Crippen molar-refractivity contribution in [2.45, 2.75) is 20.0 Å². The van der Waals surface area contributed by atoms with Crippen molar-refractivity contribution in [3.05, 3.63) is 50.7 Å². The van der Waals surface area contributed by atoms with Crippen LogP contribution in [0.3, 0.4) is 0 Å². The Kier molecular flexibility index (Phi) is 5.76. The zero-order valence-corrected chi connectivity index (χ0v) is 14.3. The molecule has 7 heteroatoms. The maximum Gasteiger partial charge on any atom is 0.313 e. The van der Waals surface area contributed by atoms with Crippen LogP contribution in [0.15, 0.2) is 29.6 Å². The van der Waals surface area contributed by atoms with Gasteiger partial charge in [0, 0.05) is 22.1 Å². The lowest BCUT2D eigenvalue weighted by molar-refractivity contribution is -0.136. The molecule has 2 amide bonds. The number of hydrogen-bond acceptors (Lipinski definition) is 4. The van der Waals surface area contributed by atoms with E-state index < -0.39 is 17.9 Å². The van der Waals surface area contributed by atoms with Gasteiger partial charge < -0.3 is 15.7 Å². The Bertz CT molecular complexity index is 730. The number of carbonyl (C=O) groups is 2. The van der Waals surface area contributed by atoms with E-state index in [4.69, 9.17) is 11.6 Å². The van der Waals surface area contributed by atoms with Crippen molar-refractivity contribution in [3.8, 4) is 0 Å². The van der Waals surface area contributed by atoms with E-state index in [0.29, 0.717) is 16.3 Å². The summed E-state index contributed by atoms with van der Waals surface area (Å²) in [6.45, 7) is 3.60. The van der Waals surface area contributed by atoms with Crippen molar-refractivity contribution in [2.75, 3.05) is 11.9 Å². The van der Waals surface area contributed by atoms with Crippen molar-refractivity contribution in [3.63, 3.8) is 0 Å². The lowest BCUT2D eigenvalue weighted by Gasteiger charge is -2.12. The molecule has 0 saturated carbocycles. The Balaban J connectivity index is 1.92. The Hall–Kier alpha value is -1.89. The Morgan fingerprint density at radius 1 is 1.26 bits per heavy atom. The van der Waals surface area contributed by atoms with Gasteiger partial charge in [-0.25, -0.2) is 0 Å². The summed E-state index contributed by atoms with van der Waals surface area (Å²) in [5.74, 6) is -1.61. The Morgan fingerprint density at radius 2 is 2.00 bits per heavy atom. The van der Waals surface area contributed by atoms with E-state index in [1.807, 2.05) is 18.4 Å². The van der Waals surface area contributed by atoms with Gasteiger partial charge in [-0.2, -0.15) is 0 Å². The number of rotatable bonds is 4. The third-order valence-electron chi connectivity index (χ3n) is 3.38. The number of thiophene rings is 1. The fourth-order valence-electron chi connectivity index (χ4n) is 2.01. The molecule has 0 radical (unpaired) electrons. The number of aliphatic hydroxyl groups is 1. The number of halogens is 1. The van der Waals surface area contributed by atoms with Crippen LogP contribution in [0.25, 0.3) is 0 Å². The van der Waals surface area contributed by atoms with Crippen LogP contribution >= 0.6 is 22.9 Å². The Labute approximate surface area is 143 Å². The molecule has 5 nitrogen and oxygen atoms in total. The molecule has 0 fully saturated rings. The zero-order chi connectivity index (χ0) is 17.0. The van der Waals surface area contributed by atoms with Gasteiger partial charge in [-0.1, -0.05) is 17.7 Å². The molecule has 0 aliphatic heterocycles. The molecule has 0 aliphatic rings. The highest BCUT2D eigenvalue weighted by molar-refractivity contribution is 7.10. The Morgan fingerprint density at radius 3 is 2.65 bits per heavy atom. The van der Waals surface area contributed by atoms with Crippen LogP contribution in [0.2, 0.25) is 5.02 Å². The number of aryl methyl sites for hydroxylation is 1. The van der Waals surface area contributed by atoms with Crippen LogP contribution in [0.4, 0.5) is 5.69 Å². The normalized spacial score (nSPS) is 11.8. The van der Waals surface area contributed by atoms with Gasteiger partial charge in [-0.15, -0.1) is 11.3 Å². The van der Waals surface area contributed by atoms with Crippen LogP contribution in [0.1, 0.15) is 22.1 Å². The SMILES string of the molecule is Cc1ccsc1[C@@H](O)CNC(=O)C(=O)Nc1cccc(Cl)c1C. The molecule has 122 valence electrons. The second-order valence-electron chi connectivity index (χ2n) is 5.06. The number of benzene rings is 1. The van der Waals surface area contributed by atoms with Gasteiger partial charge in [0.1, 0.15) is 6.10 Å². The summed E-state index contributed by atoms with van der Waals surface area (Å²) in [5, 5.41) is 17.3. The van der Waals surface area contributed by atoms with Gasteiger partial charge in [0.15, 0.2) is 0 Å². The van der Waals surface area contributed by atoms with Crippen LogP contribution < -0.4 is 10.6 Å². The van der Waals surface area contributed by atoms with Gasteiger partial charge in [0.05, 0.1) is 0 Å². The van der Waals surface area contributed by atoms with Gasteiger partial charge in [-0.05, 0) is 48.6 Å². The number of aliphatic hydroxyl groups excluding tert-OH is 1. The topological polar surface area (TPSA) is 78.4 Å². The lowest BCUT2D eigenvalue weighted by atomic mass is 10.2. The molecule has 1 atom stereocenters. The van der Waals surface area contributed by atoms with Crippen molar-refractivity contribution < 1.29 is 14.7 Å². The van der Waals surface area contributed by atoms with E-state index >= 15 is 0 Å². The molecule has 2 rings (SSSR count). The molecule has 23 heavy (non-hydrogen) atoms. The van der Waals surface area contributed by atoms with Gasteiger partial charge in [0.25, 0.3) is 0 Å². The molecule has 1 aromatic carbocycles. The van der Waals surface area contributed by atoms with E-state index in [9.17, 15) is 14.7 Å². The summed E-state index contributed by atoms with van der Waals surface area (Å²) in [6.07, 6.45) is -0.834. The first-order valence-corrected chi connectivity index (χ1v) is 8.22. The van der Waals surface area contributed by atoms with Gasteiger partial charge >= 0.3 is 11.8 Å². The summed E-state index contributed by atoms with van der Waals surface area (Å²) >= 11 is 7.38. The van der Waals surface area contributed by atoms with Crippen LogP contribution in [0, 0.1) is 13.8 Å². The zero-order valence-electron chi connectivity index (χ0n) is 12.7. The summed E-state index contributed by atoms with van der Waals surface area (Å²) in [4.78, 5) is 24.5. The minimum atomic E-state index is -0.834. The van der Waals surface area contributed by atoms with Gasteiger partial charge in [0.2, 0.25) is 0 Å². The van der Waals surface area contributed by atoms with Crippen molar-refractivity contribution in [1.82, 2.24) is 5.32 Å². The van der Waals surface area contributed by atoms with Crippen molar-refractivity contribution >= 4 is 40.4 Å². The molecule has 0 spiro atoms. The summed E-state index contributed by atoms with van der Waals surface area (Å²) in [6, 6.07) is 6.94. The number of carbonyl (C=O) groups excluding carboxylic acids is 2.